The van der Waals surface area contributed by atoms with Gasteiger partial charge in [0.05, 0.1) is 6.10 Å². The summed E-state index contributed by atoms with van der Waals surface area (Å²) in [5.74, 6) is -2.46. The average Bonchev–Trinajstić information content (AvgIpc) is 2.67. The van der Waals surface area contributed by atoms with Crippen LogP contribution in [-0.2, 0) is 47.6 Å². The first kappa shape index (κ1) is 26.1. The van der Waals surface area contributed by atoms with Crippen molar-refractivity contribution in [1.82, 2.24) is 0 Å². The van der Waals surface area contributed by atoms with Gasteiger partial charge in [-0.3, -0.25) is 19.2 Å². The third kappa shape index (κ3) is 7.16. The first-order chi connectivity index (χ1) is 15.0. The lowest BCUT2D eigenvalue weighted by Gasteiger charge is -2.46. The van der Waals surface area contributed by atoms with Crippen LogP contribution in [0.15, 0.2) is 0 Å². The molecule has 2 aliphatic rings. The zero-order chi connectivity index (χ0) is 24.0. The zero-order valence-electron chi connectivity index (χ0n) is 19.5. The minimum Gasteiger partial charge on any atom is -0.463 e. The van der Waals surface area contributed by atoms with Crippen molar-refractivity contribution in [2.24, 2.45) is 11.8 Å². The Kier molecular flexibility index (Phi) is 9.45. The van der Waals surface area contributed by atoms with Crippen molar-refractivity contribution in [2.45, 2.75) is 97.6 Å². The highest BCUT2D eigenvalue weighted by atomic mass is 16.7. The monoisotopic (exact) mass is 458 g/mol. The second-order valence-electron chi connectivity index (χ2n) is 8.51. The van der Waals surface area contributed by atoms with Gasteiger partial charge in [-0.15, -0.1) is 0 Å². The van der Waals surface area contributed by atoms with Gasteiger partial charge in [-0.1, -0.05) is 20.3 Å². The van der Waals surface area contributed by atoms with Crippen LogP contribution in [0.1, 0.15) is 60.8 Å². The largest absolute Gasteiger partial charge is 0.463 e. The molecule has 10 nitrogen and oxygen atoms in total. The lowest BCUT2D eigenvalue weighted by Crippen LogP contribution is -2.59. The van der Waals surface area contributed by atoms with Gasteiger partial charge in [-0.2, -0.15) is 0 Å². The van der Waals surface area contributed by atoms with Crippen LogP contribution < -0.4 is 0 Å². The molecule has 8 unspecified atom stereocenters. The molecule has 0 aromatic heterocycles. The fourth-order valence-corrected chi connectivity index (χ4v) is 4.31. The summed E-state index contributed by atoms with van der Waals surface area (Å²) < 4.78 is 33.8. The van der Waals surface area contributed by atoms with E-state index in [0.717, 1.165) is 12.8 Å². The molecule has 1 aliphatic carbocycles. The predicted octanol–water partition coefficient (Wildman–Crippen LogP) is 1.91. The molecule has 1 heterocycles. The fraction of sp³-hybridized carbons (Fsp3) is 0.818. The van der Waals surface area contributed by atoms with Gasteiger partial charge in [0.1, 0.15) is 24.9 Å². The lowest BCUT2D eigenvalue weighted by atomic mass is 9.85. The Bertz CT molecular complexity index is 690. The summed E-state index contributed by atoms with van der Waals surface area (Å²) in [7, 11) is 0. The Balaban J connectivity index is 2.29. The molecule has 0 amide bonds. The molecule has 2 rings (SSSR count). The fourth-order valence-electron chi connectivity index (χ4n) is 4.31. The molecule has 32 heavy (non-hydrogen) atoms. The van der Waals surface area contributed by atoms with Crippen LogP contribution in [0.3, 0.4) is 0 Å². The Hall–Kier alpha value is -2.20. The first-order valence-corrected chi connectivity index (χ1v) is 11.0. The Morgan fingerprint density at radius 3 is 1.91 bits per heavy atom. The van der Waals surface area contributed by atoms with Crippen LogP contribution >= 0.6 is 0 Å². The molecule has 10 heteroatoms. The van der Waals surface area contributed by atoms with E-state index in [1.807, 2.05) is 6.92 Å². The van der Waals surface area contributed by atoms with Crippen molar-refractivity contribution in [1.29, 1.82) is 0 Å². The van der Waals surface area contributed by atoms with Crippen LogP contribution in [0.4, 0.5) is 0 Å². The summed E-state index contributed by atoms with van der Waals surface area (Å²) in [6.45, 7) is 8.68. The first-order valence-electron chi connectivity index (χ1n) is 11.0. The summed E-state index contributed by atoms with van der Waals surface area (Å²) in [6, 6.07) is 0. The van der Waals surface area contributed by atoms with E-state index in [9.17, 15) is 19.2 Å². The molecule has 0 bridgehead atoms. The van der Waals surface area contributed by atoms with Crippen LogP contribution in [0.25, 0.3) is 0 Å². The van der Waals surface area contributed by atoms with E-state index in [1.54, 1.807) is 6.92 Å². The van der Waals surface area contributed by atoms with E-state index in [1.165, 1.54) is 27.7 Å². The predicted molar refractivity (Wildman–Crippen MR) is 109 cm³/mol. The highest BCUT2D eigenvalue weighted by molar-refractivity contribution is 5.67. The minimum absolute atomic E-state index is 0.0801. The number of ether oxygens (including phenoxy) is 6. The highest BCUT2D eigenvalue weighted by Gasteiger charge is 2.50. The molecule has 1 aliphatic heterocycles. The second kappa shape index (κ2) is 11.6. The maximum atomic E-state index is 11.8. The van der Waals surface area contributed by atoms with Gasteiger partial charge in [0.2, 0.25) is 0 Å². The molecule has 0 radical (unpaired) electrons. The van der Waals surface area contributed by atoms with E-state index >= 15 is 0 Å². The van der Waals surface area contributed by atoms with Crippen molar-refractivity contribution < 1.29 is 47.6 Å². The van der Waals surface area contributed by atoms with E-state index < -0.39 is 66.6 Å². The molecule has 1 saturated carbocycles. The molecule has 0 N–H and O–H groups in total. The summed E-state index contributed by atoms with van der Waals surface area (Å²) in [5.41, 5.74) is 0. The maximum Gasteiger partial charge on any atom is 0.303 e. The van der Waals surface area contributed by atoms with Gasteiger partial charge in [0, 0.05) is 33.6 Å². The van der Waals surface area contributed by atoms with E-state index in [-0.39, 0.29) is 12.5 Å². The quantitative estimate of drug-likeness (QED) is 0.413. The van der Waals surface area contributed by atoms with Gasteiger partial charge in [-0.25, -0.2) is 0 Å². The lowest BCUT2D eigenvalue weighted by molar-refractivity contribution is -0.314. The van der Waals surface area contributed by atoms with E-state index in [2.05, 4.69) is 0 Å². The van der Waals surface area contributed by atoms with Gasteiger partial charge in [-0.05, 0) is 18.8 Å². The Labute approximate surface area is 188 Å². The number of carbonyl (C=O) groups is 4. The summed E-state index contributed by atoms with van der Waals surface area (Å²) in [4.78, 5) is 46.5. The number of hydrogen-bond acceptors (Lipinski definition) is 10. The van der Waals surface area contributed by atoms with Gasteiger partial charge < -0.3 is 28.4 Å². The molecule has 0 aromatic rings. The van der Waals surface area contributed by atoms with Gasteiger partial charge >= 0.3 is 23.9 Å². The van der Waals surface area contributed by atoms with Crippen LogP contribution in [-0.4, -0.2) is 67.3 Å². The highest BCUT2D eigenvalue weighted by Crippen LogP contribution is 2.36. The summed E-state index contributed by atoms with van der Waals surface area (Å²) in [6.07, 6.45) is -2.14. The smallest absolute Gasteiger partial charge is 0.303 e. The normalized spacial score (nSPS) is 34.8. The van der Waals surface area contributed by atoms with Gasteiger partial charge in [0.15, 0.2) is 12.4 Å². The van der Waals surface area contributed by atoms with Crippen molar-refractivity contribution >= 4 is 23.9 Å². The summed E-state index contributed by atoms with van der Waals surface area (Å²) >= 11 is 0. The number of hydrogen-bond donors (Lipinski definition) is 0. The van der Waals surface area contributed by atoms with Crippen LogP contribution in [0, 0.1) is 11.8 Å². The molecule has 1 saturated heterocycles. The molecule has 0 aromatic carbocycles. The number of rotatable bonds is 7. The van der Waals surface area contributed by atoms with Crippen molar-refractivity contribution in [3.05, 3.63) is 0 Å². The standard InChI is InChI=1S/C22H34O10/c1-11-8-7-9-17(19(11)28-14(4)24)31-22-21(30-16(6)26)12(2)20(29-15(5)25)18(32-22)10-27-13(3)23/h11-12,17-22H,7-10H2,1-6H3. The Morgan fingerprint density at radius 2 is 1.34 bits per heavy atom. The van der Waals surface area contributed by atoms with Crippen molar-refractivity contribution in [2.75, 3.05) is 6.61 Å². The van der Waals surface area contributed by atoms with Crippen LogP contribution in [0.2, 0.25) is 0 Å². The number of esters is 4. The maximum absolute atomic E-state index is 11.8. The third-order valence-electron chi connectivity index (χ3n) is 5.72. The molecule has 2 fully saturated rings. The zero-order valence-corrected chi connectivity index (χ0v) is 19.5. The molecule has 8 atom stereocenters. The van der Waals surface area contributed by atoms with Crippen LogP contribution in [0.5, 0.6) is 0 Å². The topological polar surface area (TPSA) is 124 Å². The van der Waals surface area contributed by atoms with E-state index in [4.69, 9.17) is 28.4 Å². The average molecular weight is 459 g/mol. The van der Waals surface area contributed by atoms with Gasteiger partial charge in [0.25, 0.3) is 0 Å². The van der Waals surface area contributed by atoms with Crippen molar-refractivity contribution in [3.63, 3.8) is 0 Å². The van der Waals surface area contributed by atoms with Crippen molar-refractivity contribution in [3.8, 4) is 0 Å². The number of carbonyl (C=O) groups excluding carboxylic acids is 4. The Morgan fingerprint density at radius 1 is 0.781 bits per heavy atom. The molecule has 182 valence electrons. The van der Waals surface area contributed by atoms with E-state index in [0.29, 0.717) is 6.42 Å². The SMILES string of the molecule is CC(=O)OCC1OC(OC2CCCC(C)C2OC(C)=O)C(OC(C)=O)C(C)C1OC(C)=O. The molecular weight excluding hydrogens is 424 g/mol. The molecule has 0 spiro atoms. The third-order valence-corrected chi connectivity index (χ3v) is 5.72. The molecular formula is C22H34O10. The summed E-state index contributed by atoms with van der Waals surface area (Å²) in [5, 5.41) is 0. The second-order valence-corrected chi connectivity index (χ2v) is 8.51. The minimum atomic E-state index is -1.03.